The maximum Gasteiger partial charge on any atom is 0.293 e. The van der Waals surface area contributed by atoms with Crippen LogP contribution in [-0.2, 0) is 10.0 Å². The van der Waals surface area contributed by atoms with Crippen LogP contribution in [0.3, 0.4) is 0 Å². The number of carbonyl (C=O) groups is 1. The standard InChI is InChI=1S/C14H12BrN3O6S/c1-24-9-6-7-13(12(8-9)18(20)21)25(22,23)17-16-14(19)10-4-2-3-5-11(10)15/h2-8,17H,1H3,(H,16,19). The molecule has 25 heavy (non-hydrogen) atoms. The third-order valence-corrected chi connectivity index (χ3v) is 5.06. The number of hydrogen-bond donors (Lipinski definition) is 2. The van der Waals surface area contributed by atoms with E-state index in [-0.39, 0.29) is 11.3 Å². The van der Waals surface area contributed by atoms with Gasteiger partial charge in [-0.15, -0.1) is 4.83 Å². The minimum atomic E-state index is -4.37. The normalized spacial score (nSPS) is 11.0. The first-order valence-electron chi connectivity index (χ1n) is 6.65. The van der Waals surface area contributed by atoms with E-state index in [0.29, 0.717) is 4.47 Å². The molecular formula is C14H12BrN3O6S. The highest BCUT2D eigenvalue weighted by Gasteiger charge is 2.27. The molecule has 0 fully saturated rings. The van der Waals surface area contributed by atoms with Gasteiger partial charge in [0.1, 0.15) is 5.75 Å². The fourth-order valence-electron chi connectivity index (χ4n) is 1.88. The fourth-order valence-corrected chi connectivity index (χ4v) is 3.33. The maximum atomic E-state index is 12.3. The summed E-state index contributed by atoms with van der Waals surface area (Å²) in [5, 5.41) is 11.1. The Hall–Kier alpha value is -2.50. The third kappa shape index (κ3) is 4.32. The molecule has 1 amide bonds. The lowest BCUT2D eigenvalue weighted by Crippen LogP contribution is -2.41. The van der Waals surface area contributed by atoms with Crippen molar-refractivity contribution < 1.29 is 22.9 Å². The summed E-state index contributed by atoms with van der Waals surface area (Å²) in [7, 11) is -3.08. The number of carbonyl (C=O) groups excluding carboxylic acids is 1. The van der Waals surface area contributed by atoms with Crippen molar-refractivity contribution in [3.63, 3.8) is 0 Å². The first-order chi connectivity index (χ1) is 11.8. The molecule has 0 atom stereocenters. The summed E-state index contributed by atoms with van der Waals surface area (Å²) in [6, 6.07) is 9.63. The molecule has 0 heterocycles. The summed E-state index contributed by atoms with van der Waals surface area (Å²) in [6.07, 6.45) is 0. The van der Waals surface area contributed by atoms with Crippen LogP contribution in [0, 0.1) is 10.1 Å². The molecule has 0 saturated carbocycles. The molecule has 0 aliphatic carbocycles. The van der Waals surface area contributed by atoms with Gasteiger partial charge in [-0.2, -0.15) is 0 Å². The van der Waals surface area contributed by atoms with Crippen LogP contribution in [0.1, 0.15) is 10.4 Å². The largest absolute Gasteiger partial charge is 0.497 e. The molecule has 2 aromatic carbocycles. The Balaban J connectivity index is 2.27. The number of hydrazine groups is 1. The predicted molar refractivity (Wildman–Crippen MR) is 91.6 cm³/mol. The van der Waals surface area contributed by atoms with Gasteiger partial charge in [0.15, 0.2) is 4.90 Å². The van der Waals surface area contributed by atoms with Crippen molar-refractivity contribution in [2.24, 2.45) is 0 Å². The topological polar surface area (TPSA) is 128 Å². The van der Waals surface area contributed by atoms with Gasteiger partial charge < -0.3 is 4.74 Å². The lowest BCUT2D eigenvalue weighted by atomic mass is 10.2. The zero-order valence-corrected chi connectivity index (χ0v) is 15.1. The van der Waals surface area contributed by atoms with Gasteiger partial charge >= 0.3 is 0 Å². The second kappa shape index (κ2) is 7.59. The predicted octanol–water partition coefficient (Wildman–Crippen LogP) is 1.99. The summed E-state index contributed by atoms with van der Waals surface area (Å²) in [6.45, 7) is 0. The van der Waals surface area contributed by atoms with Crippen LogP contribution in [0.15, 0.2) is 51.8 Å². The van der Waals surface area contributed by atoms with Crippen molar-refractivity contribution in [2.75, 3.05) is 7.11 Å². The molecule has 0 unspecified atom stereocenters. The van der Waals surface area contributed by atoms with Crippen LogP contribution < -0.4 is 15.0 Å². The molecule has 11 heteroatoms. The van der Waals surface area contributed by atoms with Crippen molar-refractivity contribution in [1.29, 1.82) is 0 Å². The molecule has 2 aromatic rings. The van der Waals surface area contributed by atoms with E-state index >= 15 is 0 Å². The van der Waals surface area contributed by atoms with Gasteiger partial charge in [-0.05, 0) is 40.2 Å². The SMILES string of the molecule is COc1ccc(S(=O)(=O)NNC(=O)c2ccccc2Br)c([N+](=O)[O-])c1. The average Bonchev–Trinajstić information content (AvgIpc) is 2.59. The highest BCUT2D eigenvalue weighted by molar-refractivity contribution is 9.10. The highest BCUT2D eigenvalue weighted by Crippen LogP contribution is 2.28. The number of hydrogen-bond acceptors (Lipinski definition) is 6. The van der Waals surface area contributed by atoms with E-state index in [9.17, 15) is 23.3 Å². The number of benzene rings is 2. The molecule has 2 N–H and O–H groups in total. The van der Waals surface area contributed by atoms with Crippen molar-refractivity contribution in [3.05, 3.63) is 62.6 Å². The zero-order chi connectivity index (χ0) is 18.6. The number of methoxy groups -OCH3 is 1. The molecule has 0 aliphatic rings. The van der Waals surface area contributed by atoms with E-state index in [0.717, 1.165) is 12.1 Å². The zero-order valence-electron chi connectivity index (χ0n) is 12.7. The molecule has 0 radical (unpaired) electrons. The minimum absolute atomic E-state index is 0.128. The Morgan fingerprint density at radius 3 is 2.52 bits per heavy atom. The van der Waals surface area contributed by atoms with Crippen molar-refractivity contribution in [3.8, 4) is 5.75 Å². The molecule has 2 rings (SSSR count). The van der Waals surface area contributed by atoms with Crippen LogP contribution >= 0.6 is 15.9 Å². The Morgan fingerprint density at radius 2 is 1.92 bits per heavy atom. The van der Waals surface area contributed by atoms with E-state index < -0.39 is 31.4 Å². The van der Waals surface area contributed by atoms with E-state index in [1.165, 1.54) is 19.2 Å². The van der Waals surface area contributed by atoms with E-state index in [1.807, 2.05) is 10.3 Å². The molecule has 9 nitrogen and oxygen atoms in total. The number of sulfonamides is 1. The monoisotopic (exact) mass is 429 g/mol. The van der Waals surface area contributed by atoms with Crippen LogP contribution in [-0.4, -0.2) is 26.4 Å². The summed E-state index contributed by atoms with van der Waals surface area (Å²) in [4.78, 5) is 23.5. The van der Waals surface area contributed by atoms with Gasteiger partial charge in [0.2, 0.25) is 0 Å². The Morgan fingerprint density at radius 1 is 1.24 bits per heavy atom. The maximum absolute atomic E-state index is 12.3. The van der Waals surface area contributed by atoms with Crippen molar-refractivity contribution in [2.45, 2.75) is 4.90 Å². The minimum Gasteiger partial charge on any atom is -0.497 e. The van der Waals surface area contributed by atoms with Crippen molar-refractivity contribution >= 4 is 37.5 Å². The van der Waals surface area contributed by atoms with Gasteiger partial charge in [0, 0.05) is 4.47 Å². The highest BCUT2D eigenvalue weighted by atomic mass is 79.9. The lowest BCUT2D eigenvalue weighted by molar-refractivity contribution is -0.387. The number of nitro groups is 1. The number of nitro benzene ring substituents is 1. The first-order valence-corrected chi connectivity index (χ1v) is 8.93. The van der Waals surface area contributed by atoms with E-state index in [1.54, 1.807) is 18.2 Å². The number of nitrogens with zero attached hydrogens (tertiary/aromatic N) is 1. The molecule has 0 aliphatic heterocycles. The third-order valence-electron chi connectivity index (χ3n) is 3.07. The van der Waals surface area contributed by atoms with Crippen LogP contribution in [0.25, 0.3) is 0 Å². The molecule has 0 aromatic heterocycles. The van der Waals surface area contributed by atoms with Gasteiger partial charge in [0.05, 0.1) is 23.7 Å². The number of ether oxygens (including phenoxy) is 1. The van der Waals surface area contributed by atoms with Gasteiger partial charge in [-0.3, -0.25) is 20.3 Å². The quantitative estimate of drug-likeness (QED) is 0.533. The van der Waals surface area contributed by atoms with E-state index in [2.05, 4.69) is 15.9 Å². The lowest BCUT2D eigenvalue weighted by Gasteiger charge is -2.10. The fraction of sp³-hybridized carbons (Fsp3) is 0.0714. The Labute approximate surface area is 151 Å². The summed E-state index contributed by atoms with van der Waals surface area (Å²) in [5.41, 5.74) is 1.52. The van der Waals surface area contributed by atoms with Gasteiger partial charge in [-0.25, -0.2) is 8.42 Å². The Bertz CT molecular complexity index is 932. The van der Waals surface area contributed by atoms with Gasteiger partial charge in [0.25, 0.3) is 21.6 Å². The van der Waals surface area contributed by atoms with Crippen molar-refractivity contribution in [1.82, 2.24) is 10.3 Å². The van der Waals surface area contributed by atoms with Crippen LogP contribution in [0.5, 0.6) is 5.75 Å². The van der Waals surface area contributed by atoms with Crippen LogP contribution in [0.2, 0.25) is 0 Å². The number of nitrogens with one attached hydrogen (secondary N) is 2. The smallest absolute Gasteiger partial charge is 0.293 e. The molecular weight excluding hydrogens is 418 g/mol. The molecule has 0 spiro atoms. The second-order valence-electron chi connectivity index (χ2n) is 4.63. The molecule has 0 saturated heterocycles. The average molecular weight is 430 g/mol. The summed E-state index contributed by atoms with van der Waals surface area (Å²) in [5.74, 6) is -0.602. The van der Waals surface area contributed by atoms with E-state index in [4.69, 9.17) is 4.74 Å². The summed E-state index contributed by atoms with van der Waals surface area (Å²) >= 11 is 3.17. The molecule has 0 bridgehead atoms. The van der Waals surface area contributed by atoms with Crippen LogP contribution in [0.4, 0.5) is 5.69 Å². The second-order valence-corrected chi connectivity index (χ2v) is 7.14. The first kappa shape index (κ1) is 18.8. The summed E-state index contributed by atoms with van der Waals surface area (Å²) < 4.78 is 29.9. The van der Waals surface area contributed by atoms with Gasteiger partial charge in [-0.1, -0.05) is 12.1 Å². The Kier molecular flexibility index (Phi) is 5.72. The number of amides is 1. The number of rotatable bonds is 6. The molecule has 132 valence electrons. The number of halogens is 1.